The molecule has 0 spiro atoms. The van der Waals surface area contributed by atoms with Gasteiger partial charge in [-0.15, -0.1) is 0 Å². The number of aryl methyl sites for hydroxylation is 1. The maximum Gasteiger partial charge on any atom is 0.165 e. The van der Waals surface area contributed by atoms with Crippen LogP contribution < -0.4 is 4.74 Å². The summed E-state index contributed by atoms with van der Waals surface area (Å²) in [6, 6.07) is 16.9. The third-order valence-corrected chi connectivity index (χ3v) is 7.71. The molecule has 0 bridgehead atoms. The van der Waals surface area contributed by atoms with E-state index in [-0.39, 0.29) is 5.41 Å². The second-order valence-corrected chi connectivity index (χ2v) is 9.05. The van der Waals surface area contributed by atoms with E-state index < -0.39 is 0 Å². The number of Topliss-reactive ketones (excluding diaryl/α,β-unsaturated/α-hetero) is 1. The zero-order valence-electron chi connectivity index (χ0n) is 16.8. The Morgan fingerprint density at radius 3 is 2.71 bits per heavy atom. The van der Waals surface area contributed by atoms with Crippen molar-refractivity contribution < 1.29 is 9.53 Å². The van der Waals surface area contributed by atoms with Gasteiger partial charge in [-0.2, -0.15) is 0 Å². The number of rotatable bonds is 2. The summed E-state index contributed by atoms with van der Waals surface area (Å²) in [5.74, 6) is 3.05. The minimum Gasteiger partial charge on any atom is -0.497 e. The second kappa shape index (κ2) is 6.62. The normalized spacial score (nSPS) is 32.6. The van der Waals surface area contributed by atoms with Crippen LogP contribution in [0.15, 0.2) is 54.1 Å². The van der Waals surface area contributed by atoms with Crippen LogP contribution >= 0.6 is 0 Å². The summed E-state index contributed by atoms with van der Waals surface area (Å²) < 4.78 is 5.43. The van der Waals surface area contributed by atoms with Gasteiger partial charge in [-0.3, -0.25) is 4.79 Å². The summed E-state index contributed by atoms with van der Waals surface area (Å²) in [4.78, 5) is 13.4. The van der Waals surface area contributed by atoms with Crippen LogP contribution in [0.1, 0.15) is 55.2 Å². The first kappa shape index (κ1) is 17.7. The number of ketones is 1. The number of benzene rings is 2. The molecule has 3 aliphatic rings. The third-order valence-electron chi connectivity index (χ3n) is 7.71. The summed E-state index contributed by atoms with van der Waals surface area (Å²) in [6.45, 7) is 2.24. The SMILES string of the molecule is COc1ccc2c(c1)CC[C@H]1[C@@H]2CC[C@]2(C)C(=O)/C(=C/c3ccccc3)C[C@@H]12. The quantitative estimate of drug-likeness (QED) is 0.622. The number of methoxy groups -OCH3 is 1. The maximum atomic E-state index is 13.4. The lowest BCUT2D eigenvalue weighted by Crippen LogP contribution is -2.42. The molecular formula is C26H28O2. The number of hydrogen-bond donors (Lipinski definition) is 0. The van der Waals surface area contributed by atoms with Crippen LogP contribution in [0.25, 0.3) is 6.08 Å². The van der Waals surface area contributed by atoms with E-state index in [0.29, 0.717) is 23.5 Å². The molecule has 0 radical (unpaired) electrons. The molecule has 144 valence electrons. The molecule has 2 aromatic carbocycles. The Labute approximate surface area is 167 Å². The van der Waals surface area contributed by atoms with E-state index in [2.05, 4.69) is 43.3 Å². The molecule has 2 saturated carbocycles. The summed E-state index contributed by atoms with van der Waals surface area (Å²) in [7, 11) is 1.74. The number of carbonyl (C=O) groups excluding carboxylic acids is 1. The summed E-state index contributed by atoms with van der Waals surface area (Å²) in [6.07, 6.45) is 7.51. The van der Waals surface area contributed by atoms with Crippen molar-refractivity contribution in [2.75, 3.05) is 7.11 Å². The molecule has 0 amide bonds. The van der Waals surface area contributed by atoms with Crippen molar-refractivity contribution in [2.45, 2.75) is 44.9 Å². The first-order valence-electron chi connectivity index (χ1n) is 10.6. The van der Waals surface area contributed by atoms with Crippen LogP contribution in [-0.2, 0) is 11.2 Å². The van der Waals surface area contributed by atoms with Gasteiger partial charge >= 0.3 is 0 Å². The van der Waals surface area contributed by atoms with Crippen LogP contribution in [-0.4, -0.2) is 12.9 Å². The number of hydrogen-bond acceptors (Lipinski definition) is 2. The molecule has 2 heteroatoms. The van der Waals surface area contributed by atoms with Crippen molar-refractivity contribution in [3.05, 3.63) is 70.8 Å². The Morgan fingerprint density at radius 1 is 1.11 bits per heavy atom. The number of carbonyl (C=O) groups is 1. The van der Waals surface area contributed by atoms with E-state index in [4.69, 9.17) is 4.74 Å². The van der Waals surface area contributed by atoms with Gasteiger partial charge in [0.05, 0.1) is 7.11 Å². The summed E-state index contributed by atoms with van der Waals surface area (Å²) in [5, 5.41) is 0. The molecule has 28 heavy (non-hydrogen) atoms. The molecule has 5 rings (SSSR count). The van der Waals surface area contributed by atoms with E-state index in [1.165, 1.54) is 17.5 Å². The highest BCUT2D eigenvalue weighted by Crippen LogP contribution is 2.60. The predicted octanol–water partition coefficient (Wildman–Crippen LogP) is 5.81. The molecule has 4 atom stereocenters. The molecule has 2 fully saturated rings. The molecule has 2 nitrogen and oxygen atoms in total. The Balaban J connectivity index is 1.48. The highest BCUT2D eigenvalue weighted by molar-refractivity contribution is 6.06. The van der Waals surface area contributed by atoms with Crippen molar-refractivity contribution >= 4 is 11.9 Å². The average molecular weight is 373 g/mol. The van der Waals surface area contributed by atoms with Gasteiger partial charge in [0.1, 0.15) is 5.75 Å². The maximum absolute atomic E-state index is 13.4. The smallest absolute Gasteiger partial charge is 0.165 e. The Bertz CT molecular complexity index is 942. The standard InChI is InChI=1S/C26H28O2/c1-26-13-12-22-21-11-9-20(28-2)15-18(21)8-10-23(22)24(26)16-19(25(26)27)14-17-6-4-3-5-7-17/h3-7,9,11,14-15,22-24H,8,10,12-13,16H2,1-2H3/b19-14+/t22-,23+,24+,26+/m1/s1. The minimum absolute atomic E-state index is 0.175. The fourth-order valence-electron chi connectivity index (χ4n) is 6.24. The number of ether oxygens (including phenoxy) is 1. The number of allylic oxidation sites excluding steroid dienone is 1. The molecule has 2 aromatic rings. The minimum atomic E-state index is -0.175. The van der Waals surface area contributed by atoms with Crippen molar-refractivity contribution in [3.8, 4) is 5.75 Å². The molecular weight excluding hydrogens is 344 g/mol. The van der Waals surface area contributed by atoms with Crippen LogP contribution in [0.4, 0.5) is 0 Å². The van der Waals surface area contributed by atoms with Gasteiger partial charge in [0, 0.05) is 5.41 Å². The Kier molecular flexibility index (Phi) is 4.19. The summed E-state index contributed by atoms with van der Waals surface area (Å²) in [5.41, 5.74) is 4.97. The molecule has 0 N–H and O–H groups in total. The summed E-state index contributed by atoms with van der Waals surface area (Å²) >= 11 is 0. The molecule has 0 saturated heterocycles. The molecule has 0 aromatic heterocycles. The number of fused-ring (bicyclic) bond motifs is 5. The highest BCUT2D eigenvalue weighted by atomic mass is 16.5. The van der Waals surface area contributed by atoms with E-state index >= 15 is 0 Å². The van der Waals surface area contributed by atoms with Crippen LogP contribution in [0, 0.1) is 17.3 Å². The average Bonchev–Trinajstić information content (AvgIpc) is 2.99. The van der Waals surface area contributed by atoms with E-state index in [0.717, 1.165) is 42.6 Å². The van der Waals surface area contributed by atoms with Gasteiger partial charge in [-0.1, -0.05) is 43.3 Å². The van der Waals surface area contributed by atoms with Crippen LogP contribution in [0.3, 0.4) is 0 Å². The largest absolute Gasteiger partial charge is 0.497 e. The predicted molar refractivity (Wildman–Crippen MR) is 112 cm³/mol. The fraction of sp³-hybridized carbons (Fsp3) is 0.423. The lowest BCUT2D eigenvalue weighted by atomic mass is 9.55. The molecule has 3 aliphatic carbocycles. The first-order valence-corrected chi connectivity index (χ1v) is 10.6. The van der Waals surface area contributed by atoms with Gasteiger partial charge in [0.2, 0.25) is 0 Å². The van der Waals surface area contributed by atoms with Crippen LogP contribution in [0.5, 0.6) is 5.75 Å². The van der Waals surface area contributed by atoms with Crippen molar-refractivity contribution in [3.63, 3.8) is 0 Å². The van der Waals surface area contributed by atoms with Crippen molar-refractivity contribution in [1.82, 2.24) is 0 Å². The lowest BCUT2D eigenvalue weighted by Gasteiger charge is -2.48. The fourth-order valence-corrected chi connectivity index (χ4v) is 6.24. The van der Waals surface area contributed by atoms with Gasteiger partial charge in [0.15, 0.2) is 5.78 Å². The monoisotopic (exact) mass is 372 g/mol. The van der Waals surface area contributed by atoms with E-state index in [1.54, 1.807) is 7.11 Å². The van der Waals surface area contributed by atoms with Gasteiger partial charge in [-0.05, 0) is 90.3 Å². The van der Waals surface area contributed by atoms with E-state index in [1.807, 2.05) is 18.2 Å². The van der Waals surface area contributed by atoms with Crippen LogP contribution in [0.2, 0.25) is 0 Å². The lowest BCUT2D eigenvalue weighted by molar-refractivity contribution is -0.127. The van der Waals surface area contributed by atoms with Crippen molar-refractivity contribution in [2.24, 2.45) is 17.3 Å². The van der Waals surface area contributed by atoms with Gasteiger partial charge in [0.25, 0.3) is 0 Å². The second-order valence-electron chi connectivity index (χ2n) is 9.05. The first-order chi connectivity index (χ1) is 13.6. The van der Waals surface area contributed by atoms with Gasteiger partial charge < -0.3 is 4.74 Å². The molecule has 0 aliphatic heterocycles. The third kappa shape index (κ3) is 2.65. The zero-order valence-corrected chi connectivity index (χ0v) is 16.8. The Morgan fingerprint density at radius 2 is 1.93 bits per heavy atom. The Hall–Kier alpha value is -2.35. The van der Waals surface area contributed by atoms with Gasteiger partial charge in [-0.25, -0.2) is 0 Å². The van der Waals surface area contributed by atoms with E-state index in [9.17, 15) is 4.79 Å². The topological polar surface area (TPSA) is 26.3 Å². The highest BCUT2D eigenvalue weighted by Gasteiger charge is 2.56. The van der Waals surface area contributed by atoms with Crippen molar-refractivity contribution in [1.29, 1.82) is 0 Å². The molecule has 0 unspecified atom stereocenters. The zero-order chi connectivity index (χ0) is 19.3. The molecule has 0 heterocycles.